The number of hydrogen-bond donors (Lipinski definition) is 3. The molecule has 0 fully saturated rings. The van der Waals surface area contributed by atoms with Crippen LogP contribution in [0.15, 0.2) is 59.7 Å². The van der Waals surface area contributed by atoms with Gasteiger partial charge in [0.1, 0.15) is 5.56 Å². The summed E-state index contributed by atoms with van der Waals surface area (Å²) in [5.41, 5.74) is 0.249. The number of aryl methyl sites for hydroxylation is 1. The molecule has 0 spiro atoms. The van der Waals surface area contributed by atoms with Crippen molar-refractivity contribution in [3.8, 4) is 0 Å². The molecule has 10 heteroatoms. The van der Waals surface area contributed by atoms with Gasteiger partial charge in [-0.1, -0.05) is 18.2 Å². The Balaban J connectivity index is 2.01. The highest BCUT2D eigenvalue weighted by Crippen LogP contribution is 2.26. The van der Waals surface area contributed by atoms with E-state index >= 15 is 0 Å². The number of para-hydroxylation sites is 1. The standard InChI is InChI=1S/C21H19F2N5O3/c1-12-6-3-4-8-15(12)26-17-16(10-13(11-25-17)18(29)24-2)27-19(30)14-7-5-9-28(20(14)31)21(22)23/h3-11,21H,1-2H3,(H,24,29)(H,25,26)(H,27,30). The number of benzene rings is 1. The first-order valence-corrected chi connectivity index (χ1v) is 9.17. The van der Waals surface area contributed by atoms with Crippen molar-refractivity contribution in [3.05, 3.63) is 81.9 Å². The molecule has 0 aliphatic rings. The quantitative estimate of drug-likeness (QED) is 0.560. The molecule has 0 saturated heterocycles. The lowest BCUT2D eigenvalue weighted by Crippen LogP contribution is -2.29. The third-order valence-electron chi connectivity index (χ3n) is 4.45. The van der Waals surface area contributed by atoms with Crippen LogP contribution in [-0.2, 0) is 0 Å². The highest BCUT2D eigenvalue weighted by Gasteiger charge is 2.19. The second-order valence-electron chi connectivity index (χ2n) is 6.51. The van der Waals surface area contributed by atoms with Crippen molar-refractivity contribution in [1.82, 2.24) is 14.9 Å². The van der Waals surface area contributed by atoms with Crippen molar-refractivity contribution in [2.24, 2.45) is 0 Å². The van der Waals surface area contributed by atoms with Gasteiger partial charge in [0.25, 0.3) is 17.4 Å². The van der Waals surface area contributed by atoms with Gasteiger partial charge >= 0.3 is 6.55 Å². The lowest BCUT2D eigenvalue weighted by molar-refractivity contribution is 0.0659. The summed E-state index contributed by atoms with van der Waals surface area (Å²) in [5.74, 6) is -1.14. The minimum Gasteiger partial charge on any atom is -0.355 e. The highest BCUT2D eigenvalue weighted by atomic mass is 19.3. The number of pyridine rings is 2. The molecule has 0 radical (unpaired) electrons. The lowest BCUT2D eigenvalue weighted by atomic mass is 10.2. The van der Waals surface area contributed by atoms with Crippen molar-refractivity contribution in [1.29, 1.82) is 0 Å². The van der Waals surface area contributed by atoms with Gasteiger partial charge < -0.3 is 16.0 Å². The molecular weight excluding hydrogens is 408 g/mol. The molecule has 0 bridgehead atoms. The molecule has 2 heterocycles. The topological polar surface area (TPSA) is 105 Å². The van der Waals surface area contributed by atoms with Crippen LogP contribution in [-0.4, -0.2) is 28.4 Å². The van der Waals surface area contributed by atoms with Crippen LogP contribution >= 0.6 is 0 Å². The average molecular weight is 427 g/mol. The number of halogens is 2. The van der Waals surface area contributed by atoms with Crippen LogP contribution in [0.2, 0.25) is 0 Å². The van der Waals surface area contributed by atoms with E-state index in [1.165, 1.54) is 25.4 Å². The molecule has 0 unspecified atom stereocenters. The van der Waals surface area contributed by atoms with E-state index in [1.54, 1.807) is 6.07 Å². The SMILES string of the molecule is CNC(=O)c1cnc(Nc2ccccc2C)c(NC(=O)c2cccn(C(F)F)c2=O)c1. The number of aromatic nitrogens is 2. The molecule has 1 aromatic carbocycles. The largest absolute Gasteiger partial charge is 0.355 e. The Morgan fingerprint density at radius 3 is 2.48 bits per heavy atom. The third kappa shape index (κ3) is 4.74. The maximum Gasteiger partial charge on any atom is 0.321 e. The first kappa shape index (κ1) is 21.6. The van der Waals surface area contributed by atoms with Crippen LogP contribution in [0.1, 0.15) is 32.8 Å². The molecular formula is C21H19F2N5O3. The molecule has 31 heavy (non-hydrogen) atoms. The Bertz CT molecular complexity index is 1190. The van der Waals surface area contributed by atoms with Crippen molar-refractivity contribution in [3.63, 3.8) is 0 Å². The van der Waals surface area contributed by atoms with Gasteiger partial charge in [0.2, 0.25) is 0 Å². The molecule has 3 aromatic rings. The summed E-state index contributed by atoms with van der Waals surface area (Å²) in [6.45, 7) is -1.22. The molecule has 8 nitrogen and oxygen atoms in total. The summed E-state index contributed by atoms with van der Waals surface area (Å²) in [7, 11) is 1.44. The fourth-order valence-electron chi connectivity index (χ4n) is 2.80. The first-order chi connectivity index (χ1) is 14.8. The maximum absolute atomic E-state index is 13.0. The van der Waals surface area contributed by atoms with Gasteiger partial charge in [-0.2, -0.15) is 8.78 Å². The Morgan fingerprint density at radius 1 is 1.06 bits per heavy atom. The second-order valence-corrected chi connectivity index (χ2v) is 6.51. The van der Waals surface area contributed by atoms with Gasteiger partial charge in [0.15, 0.2) is 5.82 Å². The molecule has 2 aromatic heterocycles. The molecule has 160 valence electrons. The lowest BCUT2D eigenvalue weighted by Gasteiger charge is -2.15. The second kappa shape index (κ2) is 9.16. The van der Waals surface area contributed by atoms with E-state index in [9.17, 15) is 23.2 Å². The van der Waals surface area contributed by atoms with Crippen LogP contribution in [0.5, 0.6) is 0 Å². The van der Waals surface area contributed by atoms with Crippen LogP contribution in [0.3, 0.4) is 0 Å². The summed E-state index contributed by atoms with van der Waals surface area (Å²) in [6, 6.07) is 11.0. The molecule has 0 atom stereocenters. The van der Waals surface area contributed by atoms with Crippen LogP contribution in [0.4, 0.5) is 26.0 Å². The smallest absolute Gasteiger partial charge is 0.321 e. The highest BCUT2D eigenvalue weighted by molar-refractivity contribution is 6.06. The first-order valence-electron chi connectivity index (χ1n) is 9.17. The van der Waals surface area contributed by atoms with E-state index in [1.807, 2.05) is 25.1 Å². The Kier molecular flexibility index (Phi) is 6.39. The number of carbonyl (C=O) groups is 2. The zero-order valence-corrected chi connectivity index (χ0v) is 16.6. The number of carbonyl (C=O) groups excluding carboxylic acids is 2. The van der Waals surface area contributed by atoms with Gasteiger partial charge in [-0.15, -0.1) is 0 Å². The number of alkyl halides is 2. The van der Waals surface area contributed by atoms with E-state index in [0.717, 1.165) is 17.8 Å². The van der Waals surface area contributed by atoms with Gasteiger partial charge in [-0.3, -0.25) is 19.0 Å². The van der Waals surface area contributed by atoms with Crippen molar-refractivity contribution < 1.29 is 18.4 Å². The Hall–Kier alpha value is -4.08. The molecule has 2 amide bonds. The van der Waals surface area contributed by atoms with E-state index in [0.29, 0.717) is 5.69 Å². The molecule has 0 aliphatic carbocycles. The summed E-state index contributed by atoms with van der Waals surface area (Å²) < 4.78 is 26.1. The van der Waals surface area contributed by atoms with Gasteiger partial charge in [0, 0.05) is 25.1 Å². The Morgan fingerprint density at radius 2 is 1.81 bits per heavy atom. The van der Waals surface area contributed by atoms with E-state index in [4.69, 9.17) is 0 Å². The number of amides is 2. The Labute approximate surface area is 175 Å². The van der Waals surface area contributed by atoms with Crippen LogP contribution in [0.25, 0.3) is 0 Å². The van der Waals surface area contributed by atoms with E-state index < -0.39 is 29.5 Å². The van der Waals surface area contributed by atoms with E-state index in [-0.39, 0.29) is 21.6 Å². The zero-order valence-electron chi connectivity index (χ0n) is 16.6. The molecule has 3 rings (SSSR count). The fourth-order valence-corrected chi connectivity index (χ4v) is 2.80. The van der Waals surface area contributed by atoms with Crippen molar-refractivity contribution >= 4 is 29.0 Å². The van der Waals surface area contributed by atoms with E-state index in [2.05, 4.69) is 20.9 Å². The fraction of sp³-hybridized carbons (Fsp3) is 0.143. The minimum atomic E-state index is -3.09. The number of anilines is 3. The molecule has 3 N–H and O–H groups in total. The van der Waals surface area contributed by atoms with Gasteiger partial charge in [-0.25, -0.2) is 4.98 Å². The zero-order chi connectivity index (χ0) is 22.5. The van der Waals surface area contributed by atoms with Gasteiger partial charge in [-0.05, 0) is 36.8 Å². The third-order valence-corrected chi connectivity index (χ3v) is 4.45. The number of hydrogen-bond acceptors (Lipinski definition) is 5. The average Bonchev–Trinajstić information content (AvgIpc) is 2.75. The predicted molar refractivity (Wildman–Crippen MR) is 112 cm³/mol. The summed E-state index contributed by atoms with van der Waals surface area (Å²) in [5, 5.41) is 8.01. The summed E-state index contributed by atoms with van der Waals surface area (Å²) in [4.78, 5) is 41.1. The molecule has 0 aliphatic heterocycles. The maximum atomic E-state index is 13.0. The van der Waals surface area contributed by atoms with Gasteiger partial charge in [0.05, 0.1) is 11.3 Å². The normalized spacial score (nSPS) is 10.6. The predicted octanol–water partition coefficient (Wildman–Crippen LogP) is 3.30. The summed E-state index contributed by atoms with van der Waals surface area (Å²) >= 11 is 0. The van der Waals surface area contributed by atoms with Crippen molar-refractivity contribution in [2.45, 2.75) is 13.5 Å². The minimum absolute atomic E-state index is 0.0983. The number of nitrogens with one attached hydrogen (secondary N) is 3. The van der Waals surface area contributed by atoms with Crippen LogP contribution < -0.4 is 21.5 Å². The molecule has 0 saturated carbocycles. The monoisotopic (exact) mass is 427 g/mol. The number of nitrogens with zero attached hydrogens (tertiary/aromatic N) is 2. The number of rotatable bonds is 6. The summed E-state index contributed by atoms with van der Waals surface area (Å²) in [6.07, 6.45) is 2.21. The van der Waals surface area contributed by atoms with Crippen LogP contribution in [0, 0.1) is 6.92 Å². The van der Waals surface area contributed by atoms with Crippen molar-refractivity contribution in [2.75, 3.05) is 17.7 Å².